The Morgan fingerprint density at radius 2 is 1.60 bits per heavy atom. The molecule has 1 aliphatic rings. The zero-order chi connectivity index (χ0) is 21.3. The number of morpholine rings is 1. The van der Waals surface area contributed by atoms with Gasteiger partial charge in [0.1, 0.15) is 24.0 Å². The Balaban J connectivity index is 1.68. The highest BCUT2D eigenvalue weighted by Crippen LogP contribution is 2.32. The van der Waals surface area contributed by atoms with Crippen molar-refractivity contribution in [3.63, 3.8) is 0 Å². The molecule has 158 valence electrons. The van der Waals surface area contributed by atoms with Gasteiger partial charge in [-0.05, 0) is 35.4 Å². The number of nitrogens with zero attached hydrogens (tertiary/aromatic N) is 3. The minimum Gasteiger partial charge on any atom is -0.374 e. The van der Waals surface area contributed by atoms with Crippen molar-refractivity contribution >= 4 is 10.2 Å². The van der Waals surface area contributed by atoms with E-state index in [-0.39, 0.29) is 37.2 Å². The van der Waals surface area contributed by atoms with Gasteiger partial charge in [0, 0.05) is 19.0 Å². The molecule has 0 saturated carbocycles. The van der Waals surface area contributed by atoms with E-state index in [0.29, 0.717) is 0 Å². The molecule has 1 aliphatic heterocycles. The summed E-state index contributed by atoms with van der Waals surface area (Å²) < 4.78 is 63.2. The molecule has 0 amide bonds. The molecule has 2 heterocycles. The van der Waals surface area contributed by atoms with Gasteiger partial charge in [0.15, 0.2) is 0 Å². The minimum absolute atomic E-state index is 0.115. The van der Waals surface area contributed by atoms with Crippen LogP contribution in [-0.4, -0.2) is 42.5 Å². The lowest BCUT2D eigenvalue weighted by Crippen LogP contribution is -2.49. The van der Waals surface area contributed by atoms with Gasteiger partial charge >= 0.3 is 10.2 Å². The average Bonchev–Trinajstić information content (AvgIpc) is 3.18. The molecular weight excluding hydrogens is 412 g/mol. The van der Waals surface area contributed by atoms with Gasteiger partial charge in [0.05, 0.1) is 19.8 Å². The number of benzene rings is 2. The second-order valence-electron chi connectivity index (χ2n) is 7.26. The van der Waals surface area contributed by atoms with Crippen LogP contribution >= 0.6 is 0 Å². The molecular formula is C21H22F2N3O3S+. The number of aryl methyl sites for hydroxylation is 1. The van der Waals surface area contributed by atoms with Gasteiger partial charge in [0.25, 0.3) is 6.33 Å². The summed E-state index contributed by atoms with van der Waals surface area (Å²) in [6.07, 6.45) is 4.10. The molecule has 30 heavy (non-hydrogen) atoms. The van der Waals surface area contributed by atoms with Crippen molar-refractivity contribution < 1.29 is 26.5 Å². The molecule has 0 bridgehead atoms. The molecule has 0 spiro atoms. The van der Waals surface area contributed by atoms with E-state index in [0.717, 1.165) is 11.1 Å². The maximum Gasteiger partial charge on any atom is 0.379 e. The van der Waals surface area contributed by atoms with E-state index in [4.69, 9.17) is 4.74 Å². The van der Waals surface area contributed by atoms with E-state index < -0.39 is 16.3 Å². The van der Waals surface area contributed by atoms with E-state index in [9.17, 15) is 17.2 Å². The Hall–Kier alpha value is -2.62. The first kappa shape index (κ1) is 20.6. The van der Waals surface area contributed by atoms with Gasteiger partial charge in [-0.25, -0.2) is 13.3 Å². The molecule has 4 rings (SSSR count). The van der Waals surface area contributed by atoms with Crippen molar-refractivity contribution in [1.29, 1.82) is 0 Å². The average molecular weight is 434 g/mol. The second-order valence-corrected chi connectivity index (χ2v) is 9.10. The molecule has 1 saturated heterocycles. The number of rotatable bonds is 5. The summed E-state index contributed by atoms with van der Waals surface area (Å²) in [5.41, 5.74) is 1.53. The fourth-order valence-corrected chi connectivity index (χ4v) is 5.10. The molecule has 6 nitrogen and oxygen atoms in total. The molecule has 1 atom stereocenters. The first-order valence-corrected chi connectivity index (χ1v) is 10.9. The standard InChI is InChI=1S/C21H22F2N3O3S/c1-24-10-11-26(15-24)30(27,28)25-12-13-29-20(14-25)21(16-2-6-18(22)7-3-16)17-4-8-19(23)9-5-17/h2-11,15,20-21H,12-14H2,1H3/q+1. The predicted molar refractivity (Wildman–Crippen MR) is 106 cm³/mol. The van der Waals surface area contributed by atoms with E-state index in [1.165, 1.54) is 45.1 Å². The number of aromatic nitrogens is 2. The Morgan fingerprint density at radius 1 is 1.03 bits per heavy atom. The quantitative estimate of drug-likeness (QED) is 0.579. The normalized spacial score (nSPS) is 18.1. The lowest BCUT2D eigenvalue weighted by Gasteiger charge is -2.35. The van der Waals surface area contributed by atoms with Crippen molar-refractivity contribution in [2.45, 2.75) is 12.0 Å². The number of ether oxygens (including phenoxy) is 1. The van der Waals surface area contributed by atoms with Crippen molar-refractivity contribution in [1.82, 2.24) is 8.28 Å². The fraction of sp³-hybridized carbons (Fsp3) is 0.286. The van der Waals surface area contributed by atoms with Crippen LogP contribution in [0, 0.1) is 11.6 Å². The number of hydrogen-bond acceptors (Lipinski definition) is 3. The highest BCUT2D eigenvalue weighted by molar-refractivity contribution is 7.87. The van der Waals surface area contributed by atoms with Crippen LogP contribution in [0.2, 0.25) is 0 Å². The molecule has 0 N–H and O–H groups in total. The van der Waals surface area contributed by atoms with Gasteiger partial charge < -0.3 is 4.74 Å². The second kappa shape index (κ2) is 8.25. The Labute approximate surface area is 174 Å². The summed E-state index contributed by atoms with van der Waals surface area (Å²) in [6.45, 7) is 0.556. The van der Waals surface area contributed by atoms with Crippen LogP contribution in [0.4, 0.5) is 8.78 Å². The first-order valence-electron chi connectivity index (χ1n) is 9.51. The maximum absolute atomic E-state index is 13.5. The van der Waals surface area contributed by atoms with Crippen molar-refractivity contribution in [2.75, 3.05) is 19.7 Å². The van der Waals surface area contributed by atoms with E-state index >= 15 is 0 Å². The summed E-state index contributed by atoms with van der Waals surface area (Å²) in [6, 6.07) is 12.0. The molecule has 2 aromatic carbocycles. The van der Waals surface area contributed by atoms with Gasteiger partial charge in [0.2, 0.25) is 0 Å². The van der Waals surface area contributed by atoms with Gasteiger partial charge in [-0.2, -0.15) is 12.7 Å². The van der Waals surface area contributed by atoms with Gasteiger partial charge in [-0.1, -0.05) is 24.3 Å². The SMILES string of the molecule is C[n+]1ccn(S(=O)(=O)N2CCOC(C(c3ccc(F)cc3)c3ccc(F)cc3)C2)c1. The Bertz CT molecular complexity index is 1070. The fourth-order valence-electron chi connectivity index (χ4n) is 3.72. The molecule has 9 heteroatoms. The third kappa shape index (κ3) is 4.14. The van der Waals surface area contributed by atoms with Gasteiger partial charge in [-0.15, -0.1) is 3.97 Å². The number of hydrogen-bond donors (Lipinski definition) is 0. The molecule has 0 aliphatic carbocycles. The van der Waals surface area contributed by atoms with Crippen LogP contribution in [0.3, 0.4) is 0 Å². The first-order chi connectivity index (χ1) is 14.3. The predicted octanol–water partition coefficient (Wildman–Crippen LogP) is 2.22. The van der Waals surface area contributed by atoms with Crippen LogP contribution in [0.25, 0.3) is 0 Å². The van der Waals surface area contributed by atoms with Gasteiger partial charge in [-0.3, -0.25) is 0 Å². The van der Waals surface area contributed by atoms with E-state index in [2.05, 4.69) is 0 Å². The summed E-state index contributed by atoms with van der Waals surface area (Å²) in [7, 11) is -2.01. The zero-order valence-corrected chi connectivity index (χ0v) is 17.2. The third-order valence-electron chi connectivity index (χ3n) is 5.22. The molecule has 1 unspecified atom stereocenters. The highest BCUT2D eigenvalue weighted by atomic mass is 32.2. The minimum atomic E-state index is -3.76. The molecule has 0 radical (unpaired) electrons. The maximum atomic E-state index is 13.5. The van der Waals surface area contributed by atoms with Crippen molar-refractivity contribution in [2.24, 2.45) is 7.05 Å². The summed E-state index contributed by atoms with van der Waals surface area (Å²) >= 11 is 0. The highest BCUT2D eigenvalue weighted by Gasteiger charge is 2.38. The smallest absolute Gasteiger partial charge is 0.374 e. The largest absolute Gasteiger partial charge is 0.379 e. The van der Waals surface area contributed by atoms with Crippen LogP contribution in [-0.2, 0) is 22.0 Å². The Kier molecular flexibility index (Phi) is 5.68. The van der Waals surface area contributed by atoms with Crippen LogP contribution in [0.5, 0.6) is 0 Å². The summed E-state index contributed by atoms with van der Waals surface area (Å²) in [5, 5.41) is 0. The molecule has 1 aromatic heterocycles. The summed E-state index contributed by atoms with van der Waals surface area (Å²) in [4.78, 5) is 0. The van der Waals surface area contributed by atoms with Crippen LogP contribution < -0.4 is 4.57 Å². The van der Waals surface area contributed by atoms with Crippen LogP contribution in [0.15, 0.2) is 67.3 Å². The van der Waals surface area contributed by atoms with Crippen LogP contribution in [0.1, 0.15) is 17.0 Å². The van der Waals surface area contributed by atoms with E-state index in [1.807, 2.05) is 0 Å². The lowest BCUT2D eigenvalue weighted by molar-refractivity contribution is -0.670. The lowest BCUT2D eigenvalue weighted by atomic mass is 9.86. The number of imidazole rings is 1. The molecule has 1 fully saturated rings. The van der Waals surface area contributed by atoms with Crippen molar-refractivity contribution in [3.05, 3.63) is 90.0 Å². The topological polar surface area (TPSA) is 55.4 Å². The van der Waals surface area contributed by atoms with Crippen molar-refractivity contribution in [3.8, 4) is 0 Å². The molecule has 3 aromatic rings. The number of halogens is 2. The summed E-state index contributed by atoms with van der Waals surface area (Å²) in [5.74, 6) is -1.12. The zero-order valence-electron chi connectivity index (χ0n) is 16.4. The monoisotopic (exact) mass is 434 g/mol. The Morgan fingerprint density at radius 3 is 2.10 bits per heavy atom. The third-order valence-corrected chi connectivity index (χ3v) is 6.96. The van der Waals surface area contributed by atoms with E-state index in [1.54, 1.807) is 42.1 Å².